The molecule has 102 valence electrons. The van der Waals surface area contributed by atoms with Crippen LogP contribution in [-0.4, -0.2) is 26.2 Å². The summed E-state index contributed by atoms with van der Waals surface area (Å²) in [5.41, 5.74) is 7.97. The Hall–Kier alpha value is -1.22. The number of rotatable bonds is 9. The maximum atomic E-state index is 5.47. The van der Waals surface area contributed by atoms with Crippen molar-refractivity contribution in [3.05, 3.63) is 24.3 Å². The molecule has 0 fully saturated rings. The minimum absolute atomic E-state index is 0.804. The highest BCUT2D eigenvalue weighted by molar-refractivity contribution is 5.54. The second-order valence-electron chi connectivity index (χ2n) is 4.50. The molecule has 18 heavy (non-hydrogen) atoms. The Labute approximate surface area is 111 Å². The van der Waals surface area contributed by atoms with E-state index in [0.29, 0.717) is 0 Å². The van der Waals surface area contributed by atoms with E-state index < -0.39 is 0 Å². The van der Waals surface area contributed by atoms with Gasteiger partial charge in [0.1, 0.15) is 0 Å². The van der Waals surface area contributed by atoms with E-state index in [2.05, 4.69) is 48.3 Å². The maximum Gasteiger partial charge on any atom is 0.0367 e. The van der Waals surface area contributed by atoms with Crippen LogP contribution in [0.5, 0.6) is 0 Å². The smallest absolute Gasteiger partial charge is 0.0367 e. The van der Waals surface area contributed by atoms with E-state index in [9.17, 15) is 0 Å². The van der Waals surface area contributed by atoms with E-state index in [-0.39, 0.29) is 0 Å². The van der Waals surface area contributed by atoms with Crippen molar-refractivity contribution in [1.82, 2.24) is 0 Å². The van der Waals surface area contributed by atoms with Gasteiger partial charge in [-0.25, -0.2) is 0 Å². The van der Waals surface area contributed by atoms with Gasteiger partial charge in [0, 0.05) is 31.0 Å². The van der Waals surface area contributed by atoms with Gasteiger partial charge in [-0.3, -0.25) is 0 Å². The van der Waals surface area contributed by atoms with Gasteiger partial charge < -0.3 is 16.0 Å². The molecular weight excluding hydrogens is 222 g/mol. The van der Waals surface area contributed by atoms with Crippen molar-refractivity contribution in [1.29, 1.82) is 0 Å². The highest BCUT2D eigenvalue weighted by Gasteiger charge is 2.00. The Bertz CT molecular complexity index is 304. The molecule has 0 saturated heterocycles. The first-order valence-corrected chi connectivity index (χ1v) is 7.10. The fraction of sp³-hybridized carbons (Fsp3) is 0.600. The van der Waals surface area contributed by atoms with E-state index in [4.69, 9.17) is 5.73 Å². The van der Waals surface area contributed by atoms with Crippen molar-refractivity contribution >= 4 is 11.4 Å². The predicted octanol–water partition coefficient (Wildman–Crippen LogP) is 3.07. The van der Waals surface area contributed by atoms with E-state index in [1.807, 2.05) is 0 Å². The van der Waals surface area contributed by atoms with Gasteiger partial charge in [-0.2, -0.15) is 0 Å². The van der Waals surface area contributed by atoms with Crippen molar-refractivity contribution < 1.29 is 0 Å². The predicted molar refractivity (Wildman–Crippen MR) is 81.4 cm³/mol. The van der Waals surface area contributed by atoms with Gasteiger partial charge in [0.2, 0.25) is 0 Å². The number of nitrogens with zero attached hydrogens (tertiary/aromatic N) is 1. The van der Waals surface area contributed by atoms with Gasteiger partial charge in [-0.1, -0.05) is 6.42 Å². The van der Waals surface area contributed by atoms with Gasteiger partial charge in [0.15, 0.2) is 0 Å². The molecule has 0 spiro atoms. The van der Waals surface area contributed by atoms with E-state index in [1.54, 1.807) is 0 Å². The molecule has 0 aliphatic carbocycles. The molecule has 3 N–H and O–H groups in total. The highest BCUT2D eigenvalue weighted by atomic mass is 15.1. The Morgan fingerprint density at radius 3 is 2.22 bits per heavy atom. The molecule has 1 aromatic carbocycles. The summed E-state index contributed by atoms with van der Waals surface area (Å²) in [5, 5.41) is 3.45. The van der Waals surface area contributed by atoms with Gasteiger partial charge in [0.05, 0.1) is 0 Å². The Balaban J connectivity index is 2.35. The van der Waals surface area contributed by atoms with E-state index in [1.165, 1.54) is 24.2 Å². The molecule has 0 saturated carbocycles. The average Bonchev–Trinajstić information content (AvgIpc) is 2.41. The summed E-state index contributed by atoms with van der Waals surface area (Å²) in [4.78, 5) is 2.35. The quantitative estimate of drug-likeness (QED) is 0.661. The molecule has 0 bridgehead atoms. The number of nitrogens with one attached hydrogen (secondary N) is 1. The fourth-order valence-electron chi connectivity index (χ4n) is 2.06. The monoisotopic (exact) mass is 249 g/mol. The lowest BCUT2D eigenvalue weighted by Gasteiger charge is -2.21. The maximum absolute atomic E-state index is 5.47. The van der Waals surface area contributed by atoms with Crippen molar-refractivity contribution in [2.45, 2.75) is 33.1 Å². The molecule has 0 aliphatic rings. The van der Waals surface area contributed by atoms with Gasteiger partial charge in [-0.05, 0) is 57.5 Å². The molecule has 0 atom stereocenters. The zero-order valence-corrected chi connectivity index (χ0v) is 11.8. The third kappa shape index (κ3) is 4.96. The minimum atomic E-state index is 0.804. The molecule has 0 radical (unpaired) electrons. The van der Waals surface area contributed by atoms with Crippen LogP contribution in [0.15, 0.2) is 24.3 Å². The lowest BCUT2D eigenvalue weighted by atomic mass is 10.2. The van der Waals surface area contributed by atoms with Crippen LogP contribution in [-0.2, 0) is 0 Å². The van der Waals surface area contributed by atoms with Gasteiger partial charge in [0.25, 0.3) is 0 Å². The van der Waals surface area contributed by atoms with Crippen molar-refractivity contribution in [2.75, 3.05) is 36.4 Å². The summed E-state index contributed by atoms with van der Waals surface area (Å²) in [7, 11) is 0. The largest absolute Gasteiger partial charge is 0.385 e. The second kappa shape index (κ2) is 8.81. The lowest BCUT2D eigenvalue weighted by Crippen LogP contribution is -2.21. The zero-order chi connectivity index (χ0) is 13.2. The Kier molecular flexibility index (Phi) is 7.26. The standard InChI is InChI=1S/C15H27N3/c1-3-18(4-2)15-10-8-14(9-11-15)17-13-7-5-6-12-16/h8-11,17H,3-7,12-13,16H2,1-2H3. The number of benzene rings is 1. The third-order valence-electron chi connectivity index (χ3n) is 3.21. The molecular formula is C15H27N3. The number of hydrogen-bond acceptors (Lipinski definition) is 3. The van der Waals surface area contributed by atoms with E-state index >= 15 is 0 Å². The average molecular weight is 249 g/mol. The number of hydrogen-bond donors (Lipinski definition) is 2. The number of nitrogens with two attached hydrogens (primary N) is 1. The van der Waals surface area contributed by atoms with Crippen LogP contribution in [0.2, 0.25) is 0 Å². The van der Waals surface area contributed by atoms with Crippen LogP contribution in [0.25, 0.3) is 0 Å². The molecule has 0 heterocycles. The summed E-state index contributed by atoms with van der Waals surface area (Å²) in [5.74, 6) is 0. The zero-order valence-electron chi connectivity index (χ0n) is 11.8. The van der Waals surface area contributed by atoms with Gasteiger partial charge in [-0.15, -0.1) is 0 Å². The molecule has 0 aromatic heterocycles. The summed E-state index contributed by atoms with van der Waals surface area (Å²) in [6, 6.07) is 8.71. The molecule has 3 nitrogen and oxygen atoms in total. The first-order valence-electron chi connectivity index (χ1n) is 7.10. The molecule has 0 amide bonds. The van der Waals surface area contributed by atoms with Crippen LogP contribution in [0.3, 0.4) is 0 Å². The highest BCUT2D eigenvalue weighted by Crippen LogP contribution is 2.17. The van der Waals surface area contributed by atoms with Crippen molar-refractivity contribution in [2.24, 2.45) is 5.73 Å². The first kappa shape index (κ1) is 14.8. The number of unbranched alkanes of at least 4 members (excludes halogenated alkanes) is 2. The fourth-order valence-corrected chi connectivity index (χ4v) is 2.06. The van der Waals surface area contributed by atoms with Crippen molar-refractivity contribution in [3.8, 4) is 0 Å². The summed E-state index contributed by atoms with van der Waals surface area (Å²) in [6.45, 7) is 8.33. The summed E-state index contributed by atoms with van der Waals surface area (Å²) < 4.78 is 0. The molecule has 3 heteroatoms. The second-order valence-corrected chi connectivity index (χ2v) is 4.50. The Morgan fingerprint density at radius 2 is 1.67 bits per heavy atom. The Morgan fingerprint density at radius 1 is 1.00 bits per heavy atom. The lowest BCUT2D eigenvalue weighted by molar-refractivity contribution is 0.707. The normalized spacial score (nSPS) is 10.4. The van der Waals surface area contributed by atoms with Crippen LogP contribution >= 0.6 is 0 Å². The topological polar surface area (TPSA) is 41.3 Å². The van der Waals surface area contributed by atoms with E-state index in [0.717, 1.165) is 32.6 Å². The first-order chi connectivity index (χ1) is 8.81. The van der Waals surface area contributed by atoms with Crippen LogP contribution in [0.4, 0.5) is 11.4 Å². The summed E-state index contributed by atoms with van der Waals surface area (Å²) in [6.07, 6.45) is 3.53. The summed E-state index contributed by atoms with van der Waals surface area (Å²) >= 11 is 0. The van der Waals surface area contributed by atoms with Gasteiger partial charge >= 0.3 is 0 Å². The molecule has 0 unspecified atom stereocenters. The van der Waals surface area contributed by atoms with Crippen LogP contribution in [0.1, 0.15) is 33.1 Å². The minimum Gasteiger partial charge on any atom is -0.385 e. The SMILES string of the molecule is CCN(CC)c1ccc(NCCCCCN)cc1. The molecule has 0 aliphatic heterocycles. The van der Waals surface area contributed by atoms with Crippen LogP contribution < -0.4 is 16.0 Å². The third-order valence-corrected chi connectivity index (χ3v) is 3.21. The molecule has 1 aromatic rings. The molecule has 1 rings (SSSR count). The van der Waals surface area contributed by atoms with Crippen molar-refractivity contribution in [3.63, 3.8) is 0 Å². The van der Waals surface area contributed by atoms with Crippen LogP contribution in [0, 0.1) is 0 Å². The number of anilines is 2.